The molecule has 2 aliphatic rings. The van der Waals surface area contributed by atoms with Gasteiger partial charge in [0.25, 0.3) is 0 Å². The molecule has 2 rings (SSSR count). The molecule has 3 atom stereocenters. The van der Waals surface area contributed by atoms with Crippen LogP contribution >= 0.6 is 0 Å². The fraction of sp³-hybridized carbons (Fsp3) is 0.909. The van der Waals surface area contributed by atoms with E-state index < -0.39 is 0 Å². The summed E-state index contributed by atoms with van der Waals surface area (Å²) in [6.07, 6.45) is 2.13. The molecule has 1 saturated heterocycles. The molecule has 14 heavy (non-hydrogen) atoms. The summed E-state index contributed by atoms with van der Waals surface area (Å²) in [5.41, 5.74) is -0.341. The number of piperidine rings is 1. The average Bonchev–Trinajstić information content (AvgIpc) is 2.59. The molecule has 0 spiro atoms. The fourth-order valence-corrected chi connectivity index (χ4v) is 2.50. The lowest BCUT2D eigenvalue weighted by Gasteiger charge is -2.26. The van der Waals surface area contributed by atoms with Crippen molar-refractivity contribution in [2.75, 3.05) is 6.54 Å². The lowest BCUT2D eigenvalue weighted by Crippen LogP contribution is -2.37. The van der Waals surface area contributed by atoms with E-state index in [1.54, 1.807) is 0 Å². The van der Waals surface area contributed by atoms with Crippen molar-refractivity contribution in [3.05, 3.63) is 0 Å². The van der Waals surface area contributed by atoms with Gasteiger partial charge in [0, 0.05) is 6.04 Å². The Hall–Kier alpha value is -0.570. The standard InChI is InChI=1S/C11H19NO2/c1-11(2,3)14-10(13)9-5-8-4-7(9)6-12-8/h7-9,12H,4-6H2,1-3H3. The molecule has 0 aromatic heterocycles. The first-order valence-corrected chi connectivity index (χ1v) is 5.42. The van der Waals surface area contributed by atoms with Crippen molar-refractivity contribution in [3.63, 3.8) is 0 Å². The Bertz CT molecular complexity index is 244. The smallest absolute Gasteiger partial charge is 0.309 e. The average molecular weight is 197 g/mol. The van der Waals surface area contributed by atoms with Crippen LogP contribution < -0.4 is 5.32 Å². The minimum atomic E-state index is -0.341. The quantitative estimate of drug-likeness (QED) is 0.644. The van der Waals surface area contributed by atoms with Crippen molar-refractivity contribution < 1.29 is 9.53 Å². The largest absolute Gasteiger partial charge is 0.460 e. The van der Waals surface area contributed by atoms with Gasteiger partial charge in [-0.15, -0.1) is 0 Å². The van der Waals surface area contributed by atoms with Crippen LogP contribution in [0.15, 0.2) is 0 Å². The van der Waals surface area contributed by atoms with Crippen molar-refractivity contribution in [3.8, 4) is 0 Å². The zero-order valence-corrected chi connectivity index (χ0v) is 9.17. The molecule has 1 aliphatic carbocycles. The highest BCUT2D eigenvalue weighted by Crippen LogP contribution is 2.37. The predicted molar refractivity (Wildman–Crippen MR) is 53.8 cm³/mol. The van der Waals surface area contributed by atoms with Gasteiger partial charge in [-0.25, -0.2) is 0 Å². The Labute approximate surface area is 85.2 Å². The third kappa shape index (κ3) is 1.92. The molecule has 0 amide bonds. The van der Waals surface area contributed by atoms with Crippen molar-refractivity contribution in [2.45, 2.75) is 45.3 Å². The number of carbonyl (C=O) groups is 1. The monoisotopic (exact) mass is 197 g/mol. The highest BCUT2D eigenvalue weighted by molar-refractivity contribution is 5.74. The molecule has 0 aromatic carbocycles. The summed E-state index contributed by atoms with van der Waals surface area (Å²) in [5, 5.41) is 3.40. The highest BCUT2D eigenvalue weighted by Gasteiger charge is 2.44. The lowest BCUT2D eigenvalue weighted by molar-refractivity contribution is -0.161. The van der Waals surface area contributed by atoms with Gasteiger partial charge in [0.15, 0.2) is 0 Å². The van der Waals surface area contributed by atoms with Crippen molar-refractivity contribution in [1.82, 2.24) is 5.32 Å². The number of hydrogen-bond acceptors (Lipinski definition) is 3. The van der Waals surface area contributed by atoms with E-state index >= 15 is 0 Å². The predicted octanol–water partition coefficient (Wildman–Crippen LogP) is 1.33. The van der Waals surface area contributed by atoms with Crippen LogP contribution in [0.25, 0.3) is 0 Å². The van der Waals surface area contributed by atoms with Crippen LogP contribution in [-0.4, -0.2) is 24.2 Å². The van der Waals surface area contributed by atoms with E-state index in [1.165, 1.54) is 0 Å². The zero-order chi connectivity index (χ0) is 10.3. The minimum absolute atomic E-state index is 0.00602. The van der Waals surface area contributed by atoms with Gasteiger partial charge in [-0.1, -0.05) is 0 Å². The van der Waals surface area contributed by atoms with Crippen LogP contribution in [0.1, 0.15) is 33.6 Å². The molecule has 1 saturated carbocycles. The van der Waals surface area contributed by atoms with Gasteiger partial charge in [0.1, 0.15) is 5.60 Å². The summed E-state index contributed by atoms with van der Waals surface area (Å²) >= 11 is 0. The second-order valence-electron chi connectivity index (χ2n) is 5.48. The van der Waals surface area contributed by atoms with E-state index in [2.05, 4.69) is 5.32 Å². The number of hydrogen-bond donors (Lipinski definition) is 1. The maximum Gasteiger partial charge on any atom is 0.309 e. The topological polar surface area (TPSA) is 38.3 Å². The maximum absolute atomic E-state index is 11.8. The third-order valence-electron chi connectivity index (χ3n) is 3.07. The number of ether oxygens (including phenoxy) is 1. The van der Waals surface area contributed by atoms with Crippen LogP contribution in [-0.2, 0) is 9.53 Å². The number of esters is 1. The van der Waals surface area contributed by atoms with Gasteiger partial charge in [-0.2, -0.15) is 0 Å². The second kappa shape index (κ2) is 3.23. The van der Waals surface area contributed by atoms with Crippen molar-refractivity contribution >= 4 is 5.97 Å². The summed E-state index contributed by atoms with van der Waals surface area (Å²) in [4.78, 5) is 11.8. The molecule has 1 aliphatic heterocycles. The first-order valence-electron chi connectivity index (χ1n) is 5.42. The molecule has 1 N–H and O–H groups in total. The molecule has 0 aromatic rings. The molecule has 80 valence electrons. The van der Waals surface area contributed by atoms with Crippen LogP contribution in [0.2, 0.25) is 0 Å². The van der Waals surface area contributed by atoms with Gasteiger partial charge in [-0.05, 0) is 46.1 Å². The molecule has 3 heteroatoms. The number of carbonyl (C=O) groups excluding carboxylic acids is 1. The summed E-state index contributed by atoms with van der Waals surface area (Å²) in [5.74, 6) is 0.682. The van der Waals surface area contributed by atoms with Gasteiger partial charge in [0.2, 0.25) is 0 Å². The first-order chi connectivity index (χ1) is 6.46. The van der Waals surface area contributed by atoms with Crippen LogP contribution in [0.4, 0.5) is 0 Å². The lowest BCUT2D eigenvalue weighted by atomic mass is 9.95. The Morgan fingerprint density at radius 3 is 2.50 bits per heavy atom. The summed E-state index contributed by atoms with van der Waals surface area (Å²) in [7, 11) is 0. The molecular weight excluding hydrogens is 178 g/mol. The maximum atomic E-state index is 11.8. The van der Waals surface area contributed by atoms with E-state index in [9.17, 15) is 4.79 Å². The Morgan fingerprint density at radius 2 is 2.07 bits per heavy atom. The Morgan fingerprint density at radius 1 is 1.36 bits per heavy atom. The zero-order valence-electron chi connectivity index (χ0n) is 9.17. The number of nitrogens with one attached hydrogen (secondary N) is 1. The number of rotatable bonds is 1. The van der Waals surface area contributed by atoms with Gasteiger partial charge in [-0.3, -0.25) is 4.79 Å². The van der Waals surface area contributed by atoms with Gasteiger partial charge >= 0.3 is 5.97 Å². The van der Waals surface area contributed by atoms with Crippen molar-refractivity contribution in [1.29, 1.82) is 0 Å². The van der Waals surface area contributed by atoms with Crippen molar-refractivity contribution in [2.24, 2.45) is 11.8 Å². The highest BCUT2D eigenvalue weighted by atomic mass is 16.6. The molecule has 2 fully saturated rings. The van der Waals surface area contributed by atoms with Crippen LogP contribution in [0.5, 0.6) is 0 Å². The van der Waals surface area contributed by atoms with E-state index in [0.717, 1.165) is 19.4 Å². The Balaban J connectivity index is 1.93. The molecule has 2 bridgehead atoms. The van der Waals surface area contributed by atoms with E-state index in [1.807, 2.05) is 20.8 Å². The summed E-state index contributed by atoms with van der Waals surface area (Å²) in [6, 6.07) is 0.567. The Kier molecular flexibility index (Phi) is 2.30. The fourth-order valence-electron chi connectivity index (χ4n) is 2.50. The van der Waals surface area contributed by atoms with E-state index in [4.69, 9.17) is 4.74 Å². The van der Waals surface area contributed by atoms with Gasteiger partial charge < -0.3 is 10.1 Å². The normalized spacial score (nSPS) is 36.1. The van der Waals surface area contributed by atoms with Crippen LogP contribution in [0.3, 0.4) is 0 Å². The molecule has 3 unspecified atom stereocenters. The molecule has 0 radical (unpaired) electrons. The minimum Gasteiger partial charge on any atom is -0.460 e. The third-order valence-corrected chi connectivity index (χ3v) is 3.07. The number of fused-ring (bicyclic) bond motifs is 2. The molecule has 1 heterocycles. The van der Waals surface area contributed by atoms with Crippen LogP contribution in [0, 0.1) is 11.8 Å². The SMILES string of the molecule is CC(C)(C)OC(=O)C1CC2CC1CN2. The van der Waals surface area contributed by atoms with E-state index in [0.29, 0.717) is 12.0 Å². The first kappa shape index (κ1) is 9.97. The second-order valence-corrected chi connectivity index (χ2v) is 5.48. The summed E-state index contributed by atoms with van der Waals surface area (Å²) in [6.45, 7) is 6.78. The molecule has 3 nitrogen and oxygen atoms in total. The molecular formula is C11H19NO2. The summed E-state index contributed by atoms with van der Waals surface area (Å²) < 4.78 is 5.41. The van der Waals surface area contributed by atoms with Gasteiger partial charge in [0.05, 0.1) is 5.92 Å². The van der Waals surface area contributed by atoms with E-state index in [-0.39, 0.29) is 17.5 Å².